The highest BCUT2D eigenvalue weighted by atomic mass is 16.5. The summed E-state index contributed by atoms with van der Waals surface area (Å²) in [6.07, 6.45) is 3.03. The molecule has 0 aliphatic rings. The predicted molar refractivity (Wildman–Crippen MR) is 95.9 cm³/mol. The van der Waals surface area contributed by atoms with E-state index in [1.165, 1.54) is 12.3 Å². The highest BCUT2D eigenvalue weighted by molar-refractivity contribution is 5.98. The van der Waals surface area contributed by atoms with Crippen molar-refractivity contribution in [2.45, 2.75) is 19.8 Å². The van der Waals surface area contributed by atoms with E-state index in [1.807, 2.05) is 31.2 Å². The van der Waals surface area contributed by atoms with E-state index < -0.39 is 0 Å². The van der Waals surface area contributed by atoms with Gasteiger partial charge < -0.3 is 15.4 Å². The van der Waals surface area contributed by atoms with E-state index in [-0.39, 0.29) is 17.5 Å². The zero-order valence-electron chi connectivity index (χ0n) is 14.5. The molecule has 0 saturated heterocycles. The number of hydrogen-bond donors (Lipinski definition) is 2. The van der Waals surface area contributed by atoms with Crippen LogP contribution in [-0.2, 0) is 6.42 Å². The lowest BCUT2D eigenvalue weighted by atomic mass is 10.1. The van der Waals surface area contributed by atoms with Crippen LogP contribution in [0.4, 0.5) is 0 Å². The number of carbonyl (C=O) groups excluding carboxylic acids is 2. The Labute approximate surface area is 147 Å². The number of ether oxygens (including phenoxy) is 1. The van der Waals surface area contributed by atoms with Gasteiger partial charge in [-0.15, -0.1) is 0 Å². The third-order valence-electron chi connectivity index (χ3n) is 3.65. The first-order valence-corrected chi connectivity index (χ1v) is 8.29. The number of hydrogen-bond acceptors (Lipinski definition) is 4. The lowest BCUT2D eigenvalue weighted by molar-refractivity contribution is 0.0949. The fourth-order valence-electron chi connectivity index (χ4n) is 2.24. The van der Waals surface area contributed by atoms with Gasteiger partial charge in [-0.1, -0.05) is 19.1 Å². The van der Waals surface area contributed by atoms with Crippen LogP contribution >= 0.6 is 0 Å². The van der Waals surface area contributed by atoms with E-state index in [0.29, 0.717) is 25.1 Å². The molecule has 0 saturated carbocycles. The van der Waals surface area contributed by atoms with Gasteiger partial charge in [-0.05, 0) is 42.7 Å². The molecule has 0 bridgehead atoms. The van der Waals surface area contributed by atoms with Gasteiger partial charge in [0.15, 0.2) is 0 Å². The highest BCUT2D eigenvalue weighted by Crippen LogP contribution is 2.11. The summed E-state index contributed by atoms with van der Waals surface area (Å²) in [6.45, 7) is 3.07. The predicted octanol–water partition coefficient (Wildman–Crippen LogP) is 2.20. The Balaban J connectivity index is 1.88. The van der Waals surface area contributed by atoms with Crippen LogP contribution in [-0.4, -0.2) is 37.0 Å². The Bertz CT molecular complexity index is 714. The van der Waals surface area contributed by atoms with Crippen LogP contribution in [0.1, 0.15) is 39.8 Å². The molecule has 132 valence electrons. The van der Waals surface area contributed by atoms with Crippen molar-refractivity contribution >= 4 is 11.8 Å². The van der Waals surface area contributed by atoms with Crippen LogP contribution in [0.2, 0.25) is 0 Å². The van der Waals surface area contributed by atoms with E-state index >= 15 is 0 Å². The average molecular weight is 341 g/mol. The maximum Gasteiger partial charge on any atom is 0.269 e. The number of amides is 2. The number of carbonyl (C=O) groups is 2. The van der Waals surface area contributed by atoms with Crippen molar-refractivity contribution in [3.8, 4) is 5.75 Å². The summed E-state index contributed by atoms with van der Waals surface area (Å²) in [6, 6.07) is 10.8. The number of benzene rings is 1. The SMILES string of the molecule is CCCNC(=O)c1ccnc(C(=O)NCCc2ccc(OC)cc2)c1. The molecule has 0 fully saturated rings. The van der Waals surface area contributed by atoms with Crippen molar-refractivity contribution in [2.75, 3.05) is 20.2 Å². The van der Waals surface area contributed by atoms with Gasteiger partial charge in [-0.25, -0.2) is 0 Å². The molecular weight excluding hydrogens is 318 g/mol. The first kappa shape index (κ1) is 18.4. The molecule has 1 heterocycles. The fraction of sp³-hybridized carbons (Fsp3) is 0.316. The lowest BCUT2D eigenvalue weighted by Gasteiger charge is -2.07. The molecule has 2 N–H and O–H groups in total. The van der Waals surface area contributed by atoms with Crippen LogP contribution in [0.5, 0.6) is 5.75 Å². The topological polar surface area (TPSA) is 80.3 Å². The van der Waals surface area contributed by atoms with Gasteiger partial charge >= 0.3 is 0 Å². The Hall–Kier alpha value is -2.89. The van der Waals surface area contributed by atoms with Crippen LogP contribution in [0, 0.1) is 0 Å². The van der Waals surface area contributed by atoms with Crippen molar-refractivity contribution in [1.29, 1.82) is 0 Å². The van der Waals surface area contributed by atoms with Gasteiger partial charge in [0, 0.05) is 24.8 Å². The van der Waals surface area contributed by atoms with E-state index in [4.69, 9.17) is 4.74 Å². The number of rotatable bonds is 8. The van der Waals surface area contributed by atoms with Gasteiger partial charge in [-0.3, -0.25) is 14.6 Å². The first-order valence-electron chi connectivity index (χ1n) is 8.29. The summed E-state index contributed by atoms with van der Waals surface area (Å²) in [5, 5.41) is 5.60. The molecule has 2 aromatic rings. The fourth-order valence-corrected chi connectivity index (χ4v) is 2.24. The van der Waals surface area contributed by atoms with Gasteiger partial charge in [0.05, 0.1) is 7.11 Å². The molecule has 2 rings (SSSR count). The van der Waals surface area contributed by atoms with Crippen LogP contribution in [0.15, 0.2) is 42.6 Å². The molecule has 0 aliphatic heterocycles. The molecule has 1 aromatic carbocycles. The number of pyridine rings is 1. The van der Waals surface area contributed by atoms with Gasteiger partial charge in [0.2, 0.25) is 0 Å². The normalized spacial score (nSPS) is 10.2. The summed E-state index contributed by atoms with van der Waals surface area (Å²) in [5.74, 6) is 0.310. The second-order valence-electron chi connectivity index (χ2n) is 5.54. The first-order chi connectivity index (χ1) is 12.1. The highest BCUT2D eigenvalue weighted by Gasteiger charge is 2.11. The third kappa shape index (κ3) is 5.60. The Morgan fingerprint density at radius 1 is 1.04 bits per heavy atom. The van der Waals surface area contributed by atoms with Crippen LogP contribution < -0.4 is 15.4 Å². The van der Waals surface area contributed by atoms with Crippen molar-refractivity contribution < 1.29 is 14.3 Å². The van der Waals surface area contributed by atoms with Crippen molar-refractivity contribution in [2.24, 2.45) is 0 Å². The molecule has 0 aliphatic carbocycles. The summed E-state index contributed by atoms with van der Waals surface area (Å²) in [4.78, 5) is 28.2. The zero-order chi connectivity index (χ0) is 18.1. The van der Waals surface area contributed by atoms with Gasteiger partial charge in [0.25, 0.3) is 11.8 Å². The quantitative estimate of drug-likeness (QED) is 0.771. The number of nitrogens with one attached hydrogen (secondary N) is 2. The zero-order valence-corrected chi connectivity index (χ0v) is 14.5. The van der Waals surface area contributed by atoms with Crippen LogP contribution in [0.3, 0.4) is 0 Å². The smallest absolute Gasteiger partial charge is 0.269 e. The van der Waals surface area contributed by atoms with Gasteiger partial charge in [0.1, 0.15) is 11.4 Å². The molecule has 0 unspecified atom stereocenters. The molecule has 6 nitrogen and oxygen atoms in total. The van der Waals surface area contributed by atoms with E-state index in [1.54, 1.807) is 13.2 Å². The standard InChI is InChI=1S/C19H23N3O3/c1-3-10-21-18(23)15-9-12-20-17(13-15)19(24)22-11-8-14-4-6-16(25-2)7-5-14/h4-7,9,12-13H,3,8,10-11H2,1-2H3,(H,21,23)(H,22,24). The average Bonchev–Trinajstić information content (AvgIpc) is 2.66. The second-order valence-corrected chi connectivity index (χ2v) is 5.54. The number of aromatic nitrogens is 1. The van der Waals surface area contributed by atoms with E-state index in [2.05, 4.69) is 15.6 Å². The second kappa shape index (κ2) is 9.42. The summed E-state index contributed by atoms with van der Waals surface area (Å²) in [5.41, 5.74) is 1.77. The summed E-state index contributed by atoms with van der Waals surface area (Å²) in [7, 11) is 1.62. The summed E-state index contributed by atoms with van der Waals surface area (Å²) < 4.78 is 5.11. The monoisotopic (exact) mass is 341 g/mol. The van der Waals surface area contributed by atoms with Crippen molar-refractivity contribution in [3.63, 3.8) is 0 Å². The maximum atomic E-state index is 12.2. The van der Waals surface area contributed by atoms with E-state index in [9.17, 15) is 9.59 Å². The minimum Gasteiger partial charge on any atom is -0.497 e. The molecule has 0 spiro atoms. The lowest BCUT2D eigenvalue weighted by Crippen LogP contribution is -2.28. The van der Waals surface area contributed by atoms with Gasteiger partial charge in [-0.2, -0.15) is 0 Å². The Kier molecular flexibility index (Phi) is 6.95. The molecule has 2 amide bonds. The van der Waals surface area contributed by atoms with Crippen molar-refractivity contribution in [3.05, 3.63) is 59.4 Å². The Morgan fingerprint density at radius 2 is 1.76 bits per heavy atom. The van der Waals surface area contributed by atoms with E-state index in [0.717, 1.165) is 17.7 Å². The minimum atomic E-state index is -0.293. The molecule has 1 aromatic heterocycles. The molecule has 25 heavy (non-hydrogen) atoms. The molecule has 6 heteroatoms. The maximum absolute atomic E-state index is 12.2. The largest absolute Gasteiger partial charge is 0.497 e. The minimum absolute atomic E-state index is 0.198. The van der Waals surface area contributed by atoms with Crippen molar-refractivity contribution in [1.82, 2.24) is 15.6 Å². The molecule has 0 radical (unpaired) electrons. The summed E-state index contributed by atoms with van der Waals surface area (Å²) >= 11 is 0. The Morgan fingerprint density at radius 3 is 2.44 bits per heavy atom. The molecule has 0 atom stereocenters. The number of nitrogens with zero attached hydrogens (tertiary/aromatic N) is 1. The third-order valence-corrected chi connectivity index (χ3v) is 3.65. The van der Waals surface area contributed by atoms with Crippen LogP contribution in [0.25, 0.3) is 0 Å². The number of methoxy groups -OCH3 is 1. The molecular formula is C19H23N3O3.